The van der Waals surface area contributed by atoms with Crippen LogP contribution in [0, 0.1) is 5.92 Å². The SMILES string of the molecule is C=CCCCC[Si](C)(C1=c2ccccc2=C2C=CC=CC21)C1c2ccccc2-c2ccccc21.[Cl-].[Cl-].[Ti+2]. The van der Waals surface area contributed by atoms with Gasteiger partial charge < -0.3 is 24.8 Å². The average Bonchev–Trinajstić information content (AvgIpc) is 3.41. The molecule has 0 heterocycles. The molecule has 0 amide bonds. The van der Waals surface area contributed by atoms with E-state index < -0.39 is 8.07 Å². The third-order valence-electron chi connectivity index (χ3n) is 8.31. The minimum absolute atomic E-state index is 0. The van der Waals surface area contributed by atoms with Crippen LogP contribution >= 0.6 is 0 Å². The van der Waals surface area contributed by atoms with Gasteiger partial charge >= 0.3 is 21.7 Å². The van der Waals surface area contributed by atoms with E-state index in [0.717, 1.165) is 6.42 Å². The Bertz CT molecular complexity index is 1430. The second kappa shape index (κ2) is 12.3. The van der Waals surface area contributed by atoms with E-state index in [-0.39, 0.29) is 46.5 Å². The summed E-state index contributed by atoms with van der Waals surface area (Å²) in [5.74, 6) is 0.415. The van der Waals surface area contributed by atoms with Crippen LogP contribution in [0.3, 0.4) is 0 Å². The molecule has 0 fully saturated rings. The van der Waals surface area contributed by atoms with Gasteiger partial charge in [-0.3, -0.25) is 0 Å². The molecule has 0 aromatic heterocycles. The Balaban J connectivity index is 0.00000127. The molecule has 0 nitrogen and oxygen atoms in total. The molecule has 0 radical (unpaired) electrons. The Morgan fingerprint density at radius 2 is 1.38 bits per heavy atom. The molecule has 2 atom stereocenters. The molecule has 2 unspecified atom stereocenters. The van der Waals surface area contributed by atoms with Crippen molar-refractivity contribution in [2.24, 2.45) is 5.92 Å². The molecule has 4 heteroatoms. The largest absolute Gasteiger partial charge is 2.00 e. The monoisotopic (exact) mass is 574 g/mol. The maximum Gasteiger partial charge on any atom is 2.00 e. The fourth-order valence-corrected chi connectivity index (χ4v) is 12.4. The molecule has 3 aliphatic carbocycles. The molecular weight excluding hydrogens is 543 g/mol. The van der Waals surface area contributed by atoms with Crippen LogP contribution in [0.15, 0.2) is 110 Å². The fraction of sp³-hybridized carbons (Fsp3) is 0.212. The molecule has 6 rings (SSSR count). The third-order valence-corrected chi connectivity index (χ3v) is 13.4. The number of fused-ring (bicyclic) bond motifs is 5. The summed E-state index contributed by atoms with van der Waals surface area (Å²) >= 11 is 0. The van der Waals surface area contributed by atoms with Crippen LogP contribution in [0.2, 0.25) is 12.6 Å². The summed E-state index contributed by atoms with van der Waals surface area (Å²) in [6.07, 6.45) is 15.0. The molecule has 3 aromatic carbocycles. The minimum Gasteiger partial charge on any atom is -1.00 e. The molecule has 0 aliphatic heterocycles. The van der Waals surface area contributed by atoms with Crippen LogP contribution in [0.5, 0.6) is 0 Å². The van der Waals surface area contributed by atoms with Gasteiger partial charge in [-0.1, -0.05) is 134 Å². The molecule has 0 spiro atoms. The van der Waals surface area contributed by atoms with Gasteiger partial charge in [-0.25, -0.2) is 0 Å². The second-order valence-electron chi connectivity index (χ2n) is 10.2. The summed E-state index contributed by atoms with van der Waals surface area (Å²) in [4.78, 5) is 0. The maximum atomic E-state index is 3.98. The maximum absolute atomic E-state index is 3.98. The summed E-state index contributed by atoms with van der Waals surface area (Å²) in [5.41, 5.74) is 7.99. The van der Waals surface area contributed by atoms with E-state index in [4.69, 9.17) is 0 Å². The van der Waals surface area contributed by atoms with Crippen LogP contribution in [-0.2, 0) is 21.7 Å². The summed E-state index contributed by atoms with van der Waals surface area (Å²) in [5, 5.41) is 4.71. The summed E-state index contributed by atoms with van der Waals surface area (Å²) < 4.78 is 0. The zero-order valence-corrected chi connectivity index (χ0v) is 25.3. The fourth-order valence-electron chi connectivity index (χ4n) is 6.91. The van der Waals surface area contributed by atoms with Crippen LogP contribution < -0.4 is 35.3 Å². The van der Waals surface area contributed by atoms with Gasteiger partial charge in [-0.05, 0) is 44.7 Å². The Hall–Kier alpha value is -1.87. The van der Waals surface area contributed by atoms with Gasteiger partial charge in [-0.2, -0.15) is 0 Å². The number of unbranched alkanes of at least 4 members (excludes halogenated alkanes) is 2. The van der Waals surface area contributed by atoms with Gasteiger partial charge in [0.05, 0.1) is 8.07 Å². The standard InChI is InChI=1S/C33H32Si.2ClH.Ti/c1-3-4-5-14-23-34(2,32-28-19-10-6-15-24(28)25-16-7-11-20-29(25)32)33-30-21-12-8-17-26(30)27-18-9-13-22-31(27)33;;;/h3,6-13,15-22,28,33H,1,4-5,14,23H2,2H3;2*1H;/q;;;+2/p-2. The van der Waals surface area contributed by atoms with Crippen LogP contribution in [0.4, 0.5) is 0 Å². The van der Waals surface area contributed by atoms with Crippen molar-refractivity contribution in [2.75, 3.05) is 0 Å². The first-order chi connectivity index (χ1) is 16.7. The topological polar surface area (TPSA) is 0 Å². The van der Waals surface area contributed by atoms with Crippen molar-refractivity contribution in [3.8, 4) is 11.1 Å². The molecule has 0 saturated carbocycles. The van der Waals surface area contributed by atoms with E-state index in [9.17, 15) is 0 Å². The number of benzene rings is 3. The molecule has 0 N–H and O–H groups in total. The van der Waals surface area contributed by atoms with Crippen molar-refractivity contribution in [1.82, 2.24) is 0 Å². The number of halogens is 2. The Labute approximate surface area is 249 Å². The number of hydrogen-bond acceptors (Lipinski definition) is 0. The molecule has 0 bridgehead atoms. The van der Waals surface area contributed by atoms with Gasteiger partial charge in [0.2, 0.25) is 0 Å². The smallest absolute Gasteiger partial charge is 1.00 e. The Morgan fingerprint density at radius 3 is 2.03 bits per heavy atom. The summed E-state index contributed by atoms with van der Waals surface area (Å²) in [7, 11) is -2.02. The van der Waals surface area contributed by atoms with Crippen LogP contribution in [-0.4, -0.2) is 8.07 Å². The first-order valence-corrected chi connectivity index (χ1v) is 15.5. The van der Waals surface area contributed by atoms with E-state index in [0.29, 0.717) is 11.5 Å². The van der Waals surface area contributed by atoms with Crippen molar-refractivity contribution in [3.05, 3.63) is 131 Å². The van der Waals surface area contributed by atoms with Gasteiger partial charge in [0.1, 0.15) is 0 Å². The van der Waals surface area contributed by atoms with Gasteiger partial charge in [0.25, 0.3) is 0 Å². The van der Waals surface area contributed by atoms with Crippen molar-refractivity contribution >= 4 is 18.8 Å². The zero-order valence-electron chi connectivity index (χ0n) is 21.3. The molecule has 3 aromatic rings. The Morgan fingerprint density at radius 1 is 0.784 bits per heavy atom. The number of allylic oxidation sites excluding steroid dienone is 5. The van der Waals surface area contributed by atoms with E-state index in [1.54, 1.807) is 16.3 Å². The average molecular weight is 575 g/mol. The van der Waals surface area contributed by atoms with E-state index >= 15 is 0 Å². The quantitative estimate of drug-likeness (QED) is 0.225. The van der Waals surface area contributed by atoms with Crippen molar-refractivity contribution < 1.29 is 46.5 Å². The van der Waals surface area contributed by atoms with Gasteiger partial charge in [-0.15, -0.1) is 6.58 Å². The van der Waals surface area contributed by atoms with Crippen LogP contribution in [0.25, 0.3) is 21.9 Å². The van der Waals surface area contributed by atoms with E-state index in [2.05, 4.69) is 116 Å². The molecule has 37 heavy (non-hydrogen) atoms. The molecule has 0 saturated heterocycles. The van der Waals surface area contributed by atoms with Crippen LogP contribution in [0.1, 0.15) is 35.9 Å². The predicted molar refractivity (Wildman–Crippen MR) is 148 cm³/mol. The Kier molecular flexibility index (Phi) is 9.89. The van der Waals surface area contributed by atoms with E-state index in [1.807, 2.05) is 0 Å². The summed E-state index contributed by atoms with van der Waals surface area (Å²) in [6, 6.07) is 28.9. The zero-order chi connectivity index (χ0) is 23.1. The first kappa shape index (κ1) is 29.7. The van der Waals surface area contributed by atoms with Gasteiger partial charge in [0, 0.05) is 11.5 Å². The van der Waals surface area contributed by atoms with E-state index in [1.165, 1.54) is 46.0 Å². The minimum atomic E-state index is -2.02. The number of rotatable bonds is 7. The molecule has 3 aliphatic rings. The van der Waals surface area contributed by atoms with Gasteiger partial charge in [0.15, 0.2) is 0 Å². The van der Waals surface area contributed by atoms with Crippen molar-refractivity contribution in [3.63, 3.8) is 0 Å². The van der Waals surface area contributed by atoms with Crippen molar-refractivity contribution in [1.29, 1.82) is 0 Å². The van der Waals surface area contributed by atoms with Crippen molar-refractivity contribution in [2.45, 2.75) is 37.4 Å². The molecule has 186 valence electrons. The predicted octanol–water partition coefficient (Wildman–Crippen LogP) is 1.08. The third kappa shape index (κ3) is 4.86. The number of hydrogen-bond donors (Lipinski definition) is 0. The normalized spacial score (nSPS) is 17.8. The molecular formula is C33H32Cl2SiTi. The first-order valence-electron chi connectivity index (χ1n) is 12.7. The second-order valence-corrected chi connectivity index (χ2v) is 14.6. The summed E-state index contributed by atoms with van der Waals surface area (Å²) in [6.45, 7) is 6.68.